The molecular weight excluding hydrogens is 220 g/mol. The molecule has 0 saturated carbocycles. The van der Waals surface area contributed by atoms with E-state index in [0.29, 0.717) is 6.61 Å². The third-order valence-electron chi connectivity index (χ3n) is 3.12. The Morgan fingerprint density at radius 1 is 0.944 bits per heavy atom. The van der Waals surface area contributed by atoms with Crippen molar-refractivity contribution in [3.05, 3.63) is 53.1 Å². The van der Waals surface area contributed by atoms with Crippen molar-refractivity contribution < 1.29 is 4.74 Å². The Morgan fingerprint density at radius 2 is 1.61 bits per heavy atom. The minimum absolute atomic E-state index is 0.711. The van der Waals surface area contributed by atoms with E-state index in [1.54, 1.807) is 0 Å². The van der Waals surface area contributed by atoms with Gasteiger partial charge in [0.05, 0.1) is 6.61 Å². The van der Waals surface area contributed by atoms with Crippen LogP contribution in [0.2, 0.25) is 0 Å². The van der Waals surface area contributed by atoms with Gasteiger partial charge in [-0.1, -0.05) is 29.8 Å². The van der Waals surface area contributed by atoms with Gasteiger partial charge in [0.2, 0.25) is 0 Å². The molecule has 0 saturated heterocycles. The first-order valence-electron chi connectivity index (χ1n) is 6.43. The molecule has 18 heavy (non-hydrogen) atoms. The number of benzene rings is 2. The van der Waals surface area contributed by atoms with Gasteiger partial charge in [-0.3, -0.25) is 0 Å². The van der Waals surface area contributed by atoms with Crippen molar-refractivity contribution in [2.45, 2.75) is 27.7 Å². The van der Waals surface area contributed by atoms with Crippen molar-refractivity contribution in [3.63, 3.8) is 0 Å². The lowest BCUT2D eigenvalue weighted by molar-refractivity contribution is 0.340. The van der Waals surface area contributed by atoms with Crippen LogP contribution in [0.5, 0.6) is 5.75 Å². The number of hydrogen-bond donors (Lipinski definition) is 0. The van der Waals surface area contributed by atoms with E-state index in [-0.39, 0.29) is 0 Å². The molecule has 0 unspecified atom stereocenters. The Kier molecular flexibility index (Phi) is 3.71. The van der Waals surface area contributed by atoms with Gasteiger partial charge in [0.25, 0.3) is 0 Å². The minimum Gasteiger partial charge on any atom is -0.494 e. The monoisotopic (exact) mass is 240 g/mol. The lowest BCUT2D eigenvalue weighted by Crippen LogP contribution is -1.95. The quantitative estimate of drug-likeness (QED) is 0.757. The van der Waals surface area contributed by atoms with Crippen LogP contribution in [-0.4, -0.2) is 6.61 Å². The topological polar surface area (TPSA) is 9.23 Å². The van der Waals surface area contributed by atoms with E-state index >= 15 is 0 Å². The first-order valence-corrected chi connectivity index (χ1v) is 6.43. The summed E-state index contributed by atoms with van der Waals surface area (Å²) in [7, 11) is 0. The molecule has 0 aromatic heterocycles. The van der Waals surface area contributed by atoms with Crippen molar-refractivity contribution in [1.29, 1.82) is 0 Å². The summed E-state index contributed by atoms with van der Waals surface area (Å²) in [6.07, 6.45) is 0. The maximum absolute atomic E-state index is 5.58. The molecule has 2 rings (SSSR count). The van der Waals surface area contributed by atoms with Gasteiger partial charge in [-0.15, -0.1) is 0 Å². The predicted molar refractivity (Wildman–Crippen MR) is 77.3 cm³/mol. The third-order valence-corrected chi connectivity index (χ3v) is 3.12. The molecule has 2 aromatic rings. The zero-order chi connectivity index (χ0) is 13.1. The largest absolute Gasteiger partial charge is 0.494 e. The third kappa shape index (κ3) is 2.56. The van der Waals surface area contributed by atoms with E-state index in [1.165, 1.54) is 27.8 Å². The highest BCUT2D eigenvalue weighted by Crippen LogP contribution is 2.31. The van der Waals surface area contributed by atoms with Crippen LogP contribution in [0.15, 0.2) is 36.4 Å². The normalized spacial score (nSPS) is 10.4. The molecule has 0 bridgehead atoms. The van der Waals surface area contributed by atoms with Gasteiger partial charge in [-0.2, -0.15) is 0 Å². The Bertz CT molecular complexity index is 532. The van der Waals surface area contributed by atoms with Crippen molar-refractivity contribution in [3.8, 4) is 16.9 Å². The first kappa shape index (κ1) is 12.7. The maximum Gasteiger partial charge on any atom is 0.119 e. The second-order valence-electron chi connectivity index (χ2n) is 4.73. The van der Waals surface area contributed by atoms with Crippen molar-refractivity contribution in [1.82, 2.24) is 0 Å². The van der Waals surface area contributed by atoms with Crippen LogP contribution >= 0.6 is 0 Å². The van der Waals surface area contributed by atoms with Crippen LogP contribution in [0.1, 0.15) is 23.6 Å². The lowest BCUT2D eigenvalue weighted by atomic mass is 9.94. The summed E-state index contributed by atoms with van der Waals surface area (Å²) in [5.41, 5.74) is 6.43. The molecule has 0 spiro atoms. The number of hydrogen-bond acceptors (Lipinski definition) is 1. The second kappa shape index (κ2) is 5.26. The average Bonchev–Trinajstić information content (AvgIpc) is 2.28. The number of aryl methyl sites for hydroxylation is 3. The molecule has 0 heterocycles. The predicted octanol–water partition coefficient (Wildman–Crippen LogP) is 4.68. The Balaban J connectivity index is 2.51. The molecule has 0 N–H and O–H groups in total. The van der Waals surface area contributed by atoms with E-state index < -0.39 is 0 Å². The van der Waals surface area contributed by atoms with Crippen molar-refractivity contribution in [2.75, 3.05) is 6.61 Å². The fourth-order valence-corrected chi connectivity index (χ4v) is 2.43. The fourth-order valence-electron chi connectivity index (χ4n) is 2.43. The van der Waals surface area contributed by atoms with E-state index in [1.807, 2.05) is 6.92 Å². The molecule has 0 aliphatic heterocycles. The van der Waals surface area contributed by atoms with Gasteiger partial charge in [-0.05, 0) is 62.1 Å². The van der Waals surface area contributed by atoms with Crippen LogP contribution < -0.4 is 4.74 Å². The molecule has 0 atom stereocenters. The summed E-state index contributed by atoms with van der Waals surface area (Å²) in [5.74, 6) is 0.962. The Labute approximate surface area is 109 Å². The number of ether oxygens (including phenoxy) is 1. The van der Waals surface area contributed by atoms with Gasteiger partial charge in [-0.25, -0.2) is 0 Å². The molecule has 1 nitrogen and oxygen atoms in total. The van der Waals surface area contributed by atoms with Gasteiger partial charge in [0, 0.05) is 0 Å². The first-order chi connectivity index (χ1) is 8.61. The highest BCUT2D eigenvalue weighted by Gasteiger charge is 2.08. The van der Waals surface area contributed by atoms with Crippen molar-refractivity contribution in [2.24, 2.45) is 0 Å². The van der Waals surface area contributed by atoms with Crippen LogP contribution in [0.25, 0.3) is 11.1 Å². The molecule has 2 aromatic carbocycles. The van der Waals surface area contributed by atoms with Crippen LogP contribution in [0, 0.1) is 20.8 Å². The molecular formula is C17H20O. The highest BCUT2D eigenvalue weighted by molar-refractivity contribution is 5.72. The van der Waals surface area contributed by atoms with Crippen molar-refractivity contribution >= 4 is 0 Å². The smallest absolute Gasteiger partial charge is 0.119 e. The zero-order valence-corrected chi connectivity index (χ0v) is 11.6. The van der Waals surface area contributed by atoms with Gasteiger partial charge >= 0.3 is 0 Å². The average molecular weight is 240 g/mol. The minimum atomic E-state index is 0.711. The summed E-state index contributed by atoms with van der Waals surface area (Å²) in [4.78, 5) is 0. The lowest BCUT2D eigenvalue weighted by Gasteiger charge is -2.13. The Morgan fingerprint density at radius 3 is 2.17 bits per heavy atom. The molecule has 0 amide bonds. The van der Waals surface area contributed by atoms with Gasteiger partial charge in [0.15, 0.2) is 0 Å². The van der Waals surface area contributed by atoms with E-state index in [4.69, 9.17) is 4.74 Å². The summed E-state index contributed by atoms with van der Waals surface area (Å²) >= 11 is 0. The zero-order valence-electron chi connectivity index (χ0n) is 11.6. The number of rotatable bonds is 3. The summed E-state index contributed by atoms with van der Waals surface area (Å²) < 4.78 is 5.58. The molecule has 0 radical (unpaired) electrons. The summed E-state index contributed by atoms with van der Waals surface area (Å²) in [6.45, 7) is 9.14. The molecule has 0 fully saturated rings. The maximum atomic E-state index is 5.58. The standard InChI is InChI=1S/C17H20O/c1-5-18-16-10-13(3)17(14(4)11-16)15-8-6-7-12(2)9-15/h6-11H,5H2,1-4H3. The van der Waals surface area contributed by atoms with Crippen LogP contribution in [0.3, 0.4) is 0 Å². The Hall–Kier alpha value is -1.76. The van der Waals surface area contributed by atoms with E-state index in [2.05, 4.69) is 57.2 Å². The summed E-state index contributed by atoms with van der Waals surface area (Å²) in [5, 5.41) is 0. The summed E-state index contributed by atoms with van der Waals surface area (Å²) in [6, 6.07) is 12.9. The highest BCUT2D eigenvalue weighted by atomic mass is 16.5. The van der Waals surface area contributed by atoms with Gasteiger partial charge in [0.1, 0.15) is 5.75 Å². The fraction of sp³-hybridized carbons (Fsp3) is 0.294. The molecule has 94 valence electrons. The van der Waals surface area contributed by atoms with Crippen LogP contribution in [-0.2, 0) is 0 Å². The van der Waals surface area contributed by atoms with Gasteiger partial charge < -0.3 is 4.74 Å². The molecule has 0 aliphatic carbocycles. The van der Waals surface area contributed by atoms with E-state index in [0.717, 1.165) is 5.75 Å². The second-order valence-corrected chi connectivity index (χ2v) is 4.73. The van der Waals surface area contributed by atoms with Crippen LogP contribution in [0.4, 0.5) is 0 Å². The van der Waals surface area contributed by atoms with E-state index in [9.17, 15) is 0 Å². The molecule has 0 aliphatic rings. The SMILES string of the molecule is CCOc1cc(C)c(-c2cccc(C)c2)c(C)c1. The molecule has 1 heteroatoms.